The molecule has 102 valence electrons. The number of benzene rings is 1. The first-order valence-electron chi connectivity index (χ1n) is 6.52. The Morgan fingerprint density at radius 2 is 1.84 bits per heavy atom. The van der Waals surface area contributed by atoms with Crippen LogP contribution in [-0.2, 0) is 12.5 Å². The molecule has 0 aliphatic rings. The van der Waals surface area contributed by atoms with Crippen molar-refractivity contribution in [2.45, 2.75) is 33.1 Å². The largest absolute Gasteiger partial charge is 0.496 e. The van der Waals surface area contributed by atoms with Crippen molar-refractivity contribution in [3.05, 3.63) is 35.5 Å². The Balaban J connectivity index is 2.63. The molecule has 0 radical (unpaired) electrons. The van der Waals surface area contributed by atoms with E-state index in [1.54, 1.807) is 7.11 Å². The summed E-state index contributed by atoms with van der Waals surface area (Å²) in [7, 11) is 3.67. The highest BCUT2D eigenvalue weighted by molar-refractivity contribution is 5.69. The van der Waals surface area contributed by atoms with E-state index in [2.05, 4.69) is 44.1 Å². The van der Waals surface area contributed by atoms with Gasteiger partial charge in [-0.3, -0.25) is 4.68 Å². The number of methoxy groups -OCH3 is 1. The third kappa shape index (κ3) is 2.65. The Hall–Kier alpha value is -1.77. The molecule has 0 aliphatic heterocycles. The molecule has 3 nitrogen and oxygen atoms in total. The Morgan fingerprint density at radius 3 is 2.32 bits per heavy atom. The molecule has 0 spiro atoms. The van der Waals surface area contributed by atoms with Crippen molar-refractivity contribution in [3.8, 4) is 17.0 Å². The Kier molecular flexibility index (Phi) is 3.40. The summed E-state index contributed by atoms with van der Waals surface area (Å²) in [6, 6.07) is 8.46. The van der Waals surface area contributed by atoms with Gasteiger partial charge >= 0.3 is 0 Å². The van der Waals surface area contributed by atoms with Gasteiger partial charge in [-0.25, -0.2) is 0 Å². The lowest BCUT2D eigenvalue weighted by molar-refractivity contribution is 0.415. The van der Waals surface area contributed by atoms with Crippen LogP contribution in [0, 0.1) is 6.92 Å². The zero-order chi connectivity index (χ0) is 14.2. The maximum absolute atomic E-state index is 5.49. The van der Waals surface area contributed by atoms with Crippen molar-refractivity contribution >= 4 is 0 Å². The van der Waals surface area contributed by atoms with Crippen molar-refractivity contribution in [1.29, 1.82) is 0 Å². The number of hydrogen-bond acceptors (Lipinski definition) is 2. The van der Waals surface area contributed by atoms with Gasteiger partial charge in [0.15, 0.2) is 0 Å². The molecule has 0 saturated carbocycles. The molecular formula is C16H22N2O. The summed E-state index contributed by atoms with van der Waals surface area (Å²) in [6.45, 7) is 8.65. The van der Waals surface area contributed by atoms with Crippen LogP contribution in [-0.4, -0.2) is 16.9 Å². The molecule has 2 rings (SSSR count). The van der Waals surface area contributed by atoms with Crippen LogP contribution in [0.2, 0.25) is 0 Å². The van der Waals surface area contributed by atoms with Gasteiger partial charge < -0.3 is 4.74 Å². The van der Waals surface area contributed by atoms with E-state index in [1.165, 1.54) is 5.56 Å². The third-order valence-corrected chi connectivity index (χ3v) is 3.34. The van der Waals surface area contributed by atoms with Gasteiger partial charge in [0.05, 0.1) is 18.5 Å². The number of nitrogens with zero attached hydrogens (tertiary/aromatic N) is 2. The second kappa shape index (κ2) is 4.72. The van der Waals surface area contributed by atoms with Gasteiger partial charge in [-0.1, -0.05) is 26.8 Å². The van der Waals surface area contributed by atoms with Crippen molar-refractivity contribution in [1.82, 2.24) is 9.78 Å². The second-order valence-corrected chi connectivity index (χ2v) is 5.96. The summed E-state index contributed by atoms with van der Waals surface area (Å²) < 4.78 is 7.39. The quantitative estimate of drug-likeness (QED) is 0.821. The number of aryl methyl sites for hydroxylation is 2. The number of hydrogen-bond donors (Lipinski definition) is 0. The van der Waals surface area contributed by atoms with Crippen molar-refractivity contribution < 1.29 is 4.74 Å². The van der Waals surface area contributed by atoms with Crippen LogP contribution in [0.25, 0.3) is 11.3 Å². The average molecular weight is 258 g/mol. The lowest BCUT2D eigenvalue weighted by Gasteiger charge is -2.21. The van der Waals surface area contributed by atoms with Crippen LogP contribution in [0.15, 0.2) is 24.3 Å². The van der Waals surface area contributed by atoms with Gasteiger partial charge in [-0.15, -0.1) is 0 Å². The minimum Gasteiger partial charge on any atom is -0.496 e. The zero-order valence-corrected chi connectivity index (χ0v) is 12.6. The predicted octanol–water partition coefficient (Wildman–Crippen LogP) is 3.70. The molecule has 1 heterocycles. The molecule has 1 aromatic carbocycles. The number of ether oxygens (including phenoxy) is 1. The van der Waals surface area contributed by atoms with Crippen LogP contribution >= 0.6 is 0 Å². The highest BCUT2D eigenvalue weighted by atomic mass is 16.5. The molecule has 0 N–H and O–H groups in total. The first kappa shape index (κ1) is 13.7. The molecule has 19 heavy (non-hydrogen) atoms. The molecule has 0 bridgehead atoms. The fraction of sp³-hybridized carbons (Fsp3) is 0.438. The predicted molar refractivity (Wildman–Crippen MR) is 78.6 cm³/mol. The topological polar surface area (TPSA) is 27.1 Å². The van der Waals surface area contributed by atoms with Gasteiger partial charge in [0.25, 0.3) is 0 Å². The molecule has 2 aromatic rings. The first-order valence-corrected chi connectivity index (χ1v) is 6.52. The molecular weight excluding hydrogens is 236 g/mol. The molecule has 0 aliphatic carbocycles. The normalized spacial score (nSPS) is 11.7. The summed E-state index contributed by atoms with van der Waals surface area (Å²) in [5.74, 6) is 0.885. The fourth-order valence-electron chi connectivity index (χ4n) is 2.24. The smallest absolute Gasteiger partial charge is 0.128 e. The average Bonchev–Trinajstić information content (AvgIpc) is 2.66. The van der Waals surface area contributed by atoms with E-state index in [1.807, 2.05) is 24.7 Å². The Labute approximate surface area is 115 Å². The monoisotopic (exact) mass is 258 g/mol. The summed E-state index contributed by atoms with van der Waals surface area (Å²) in [4.78, 5) is 0. The van der Waals surface area contributed by atoms with Gasteiger partial charge in [0.1, 0.15) is 5.75 Å². The van der Waals surface area contributed by atoms with E-state index in [-0.39, 0.29) is 5.41 Å². The summed E-state index contributed by atoms with van der Waals surface area (Å²) in [5, 5.41) is 4.42. The van der Waals surface area contributed by atoms with Crippen molar-refractivity contribution in [3.63, 3.8) is 0 Å². The minimum absolute atomic E-state index is 0.120. The lowest BCUT2D eigenvalue weighted by Crippen LogP contribution is -2.11. The summed E-state index contributed by atoms with van der Waals surface area (Å²) in [6.07, 6.45) is 0. The molecule has 3 heteroatoms. The van der Waals surface area contributed by atoms with Crippen LogP contribution in [0.5, 0.6) is 5.75 Å². The standard InChI is InChI=1S/C16H22N2O/c1-11-9-14(18(5)17-11)13-10-12(16(2,3)4)7-8-15(13)19-6/h7-10H,1-6H3. The number of rotatable bonds is 2. The molecule has 0 unspecified atom stereocenters. The Bertz CT molecular complexity index is 591. The highest BCUT2D eigenvalue weighted by Crippen LogP contribution is 2.34. The van der Waals surface area contributed by atoms with E-state index in [4.69, 9.17) is 4.74 Å². The summed E-state index contributed by atoms with van der Waals surface area (Å²) >= 11 is 0. The third-order valence-electron chi connectivity index (χ3n) is 3.34. The van der Waals surface area contributed by atoms with E-state index in [9.17, 15) is 0 Å². The Morgan fingerprint density at radius 1 is 1.16 bits per heavy atom. The van der Waals surface area contributed by atoms with E-state index in [0.29, 0.717) is 0 Å². The van der Waals surface area contributed by atoms with Gasteiger partial charge in [0.2, 0.25) is 0 Å². The van der Waals surface area contributed by atoms with E-state index >= 15 is 0 Å². The lowest BCUT2D eigenvalue weighted by atomic mass is 9.85. The van der Waals surface area contributed by atoms with Gasteiger partial charge in [-0.05, 0) is 36.1 Å². The SMILES string of the molecule is COc1ccc(C(C)(C)C)cc1-c1cc(C)nn1C. The number of aromatic nitrogens is 2. The van der Waals surface area contributed by atoms with Crippen molar-refractivity contribution in [2.24, 2.45) is 7.05 Å². The molecule has 0 atom stereocenters. The molecule has 0 amide bonds. The van der Waals surface area contributed by atoms with Gasteiger partial charge in [-0.2, -0.15) is 5.10 Å². The van der Waals surface area contributed by atoms with Gasteiger partial charge in [0, 0.05) is 12.6 Å². The van der Waals surface area contributed by atoms with Crippen LogP contribution < -0.4 is 4.74 Å². The van der Waals surface area contributed by atoms with Crippen LogP contribution in [0.4, 0.5) is 0 Å². The zero-order valence-electron chi connectivity index (χ0n) is 12.6. The minimum atomic E-state index is 0.120. The fourth-order valence-corrected chi connectivity index (χ4v) is 2.24. The van der Waals surface area contributed by atoms with Crippen molar-refractivity contribution in [2.75, 3.05) is 7.11 Å². The molecule has 1 aromatic heterocycles. The van der Waals surface area contributed by atoms with Crippen LogP contribution in [0.3, 0.4) is 0 Å². The van der Waals surface area contributed by atoms with Crippen LogP contribution in [0.1, 0.15) is 32.0 Å². The first-order chi connectivity index (χ1) is 8.82. The summed E-state index contributed by atoms with van der Waals surface area (Å²) in [5.41, 5.74) is 4.61. The maximum atomic E-state index is 5.49. The molecule has 0 fully saturated rings. The van der Waals surface area contributed by atoms with E-state index < -0.39 is 0 Å². The highest BCUT2D eigenvalue weighted by Gasteiger charge is 2.18. The van der Waals surface area contributed by atoms with E-state index in [0.717, 1.165) is 22.7 Å². The second-order valence-electron chi connectivity index (χ2n) is 5.96. The maximum Gasteiger partial charge on any atom is 0.128 e. The molecule has 0 saturated heterocycles.